The van der Waals surface area contributed by atoms with Crippen molar-refractivity contribution in [1.29, 1.82) is 0 Å². The number of aromatic nitrogens is 3. The molecule has 0 radical (unpaired) electrons. The molecule has 2 atom stereocenters. The van der Waals surface area contributed by atoms with E-state index >= 15 is 0 Å². The summed E-state index contributed by atoms with van der Waals surface area (Å²) in [7, 11) is 3.44. The van der Waals surface area contributed by atoms with Crippen molar-refractivity contribution < 1.29 is 9.59 Å². The summed E-state index contributed by atoms with van der Waals surface area (Å²) in [5, 5.41) is 12.1. The number of aliphatic imine (C=N–C) groups is 1. The molecule has 3 heterocycles. The molecule has 4 rings (SSSR count). The Morgan fingerprint density at radius 3 is 2.74 bits per heavy atom. The van der Waals surface area contributed by atoms with E-state index in [2.05, 4.69) is 20.5 Å². The highest BCUT2D eigenvalue weighted by atomic mass is 35.5. The van der Waals surface area contributed by atoms with Gasteiger partial charge in [-0.3, -0.25) is 10.1 Å². The molecule has 0 bridgehead atoms. The van der Waals surface area contributed by atoms with E-state index in [1.54, 1.807) is 24.0 Å². The number of imide groups is 1. The van der Waals surface area contributed by atoms with E-state index in [1.807, 2.05) is 30.1 Å². The van der Waals surface area contributed by atoms with Crippen LogP contribution in [0.15, 0.2) is 40.7 Å². The minimum atomic E-state index is -0.639. The summed E-state index contributed by atoms with van der Waals surface area (Å²) in [6.45, 7) is 0.375. The Hall–Kier alpha value is -2.59. The van der Waals surface area contributed by atoms with Gasteiger partial charge >= 0.3 is 6.03 Å². The van der Waals surface area contributed by atoms with Crippen molar-refractivity contribution in [2.45, 2.75) is 23.9 Å². The number of carbonyl (C=O) groups is 2. The Morgan fingerprint density at radius 2 is 2.04 bits per heavy atom. The highest BCUT2D eigenvalue weighted by molar-refractivity contribution is 8.13. The molecular formula is C16H16ClN7O2S. The number of fused-ring (bicyclic) bond motifs is 1. The second-order valence-electron chi connectivity index (χ2n) is 6.22. The first-order valence-corrected chi connectivity index (χ1v) is 9.32. The van der Waals surface area contributed by atoms with E-state index in [4.69, 9.17) is 11.6 Å². The normalized spacial score (nSPS) is 22.0. The van der Waals surface area contributed by atoms with Crippen LogP contribution >= 0.6 is 23.4 Å². The van der Waals surface area contributed by atoms with Crippen molar-refractivity contribution in [1.82, 2.24) is 29.9 Å². The predicted molar refractivity (Wildman–Crippen MR) is 100 cm³/mol. The lowest BCUT2D eigenvalue weighted by Crippen LogP contribution is -2.63. The fraction of sp³-hybridized carbons (Fsp3) is 0.312. The summed E-state index contributed by atoms with van der Waals surface area (Å²) < 4.78 is 1.76. The number of hydrogen-bond acceptors (Lipinski definition) is 7. The summed E-state index contributed by atoms with van der Waals surface area (Å²) in [4.78, 5) is 32.5. The van der Waals surface area contributed by atoms with Gasteiger partial charge in [0.05, 0.1) is 0 Å². The molecule has 1 aromatic heterocycles. The fourth-order valence-electron chi connectivity index (χ4n) is 3.01. The maximum absolute atomic E-state index is 12.6. The highest BCUT2D eigenvalue weighted by Gasteiger charge is 2.49. The Bertz CT molecular complexity index is 946. The fourth-order valence-corrected chi connectivity index (χ4v) is 4.10. The average molecular weight is 406 g/mol. The topological polar surface area (TPSA) is 95.7 Å². The minimum absolute atomic E-state index is 0.375. The number of aryl methyl sites for hydroxylation is 1. The number of nitrogens with one attached hydrogen (secondary N) is 1. The van der Waals surface area contributed by atoms with Gasteiger partial charge in [0.2, 0.25) is 0 Å². The number of rotatable bonds is 3. The molecule has 2 aliphatic rings. The Labute approximate surface area is 164 Å². The monoisotopic (exact) mass is 405 g/mol. The number of amides is 3. The highest BCUT2D eigenvalue weighted by Crippen LogP contribution is 2.33. The summed E-state index contributed by atoms with van der Waals surface area (Å²) in [5.41, 5.74) is 0.860. The molecule has 140 valence electrons. The van der Waals surface area contributed by atoms with Crippen molar-refractivity contribution in [2.75, 3.05) is 7.05 Å². The lowest BCUT2D eigenvalue weighted by molar-refractivity contribution is -0.127. The zero-order valence-electron chi connectivity index (χ0n) is 14.5. The average Bonchev–Trinajstić information content (AvgIpc) is 3.20. The van der Waals surface area contributed by atoms with Crippen LogP contribution < -0.4 is 5.32 Å². The quantitative estimate of drug-likeness (QED) is 0.827. The Balaban J connectivity index is 1.71. The summed E-state index contributed by atoms with van der Waals surface area (Å²) in [5.74, 6) is -0.382. The van der Waals surface area contributed by atoms with E-state index in [9.17, 15) is 9.59 Å². The zero-order valence-corrected chi connectivity index (χ0v) is 16.1. The number of urea groups is 1. The molecule has 27 heavy (non-hydrogen) atoms. The molecule has 1 N–H and O–H groups in total. The third-order valence-electron chi connectivity index (χ3n) is 4.47. The smallest absolute Gasteiger partial charge is 0.325 e. The van der Waals surface area contributed by atoms with Crippen LogP contribution in [0.1, 0.15) is 5.56 Å². The Kier molecular flexibility index (Phi) is 4.52. The summed E-state index contributed by atoms with van der Waals surface area (Å²) in [6, 6.07) is 6.33. The van der Waals surface area contributed by atoms with Crippen LogP contribution in [-0.2, 0) is 18.4 Å². The van der Waals surface area contributed by atoms with Gasteiger partial charge in [-0.25, -0.2) is 9.79 Å². The number of amidine groups is 1. The van der Waals surface area contributed by atoms with Crippen LogP contribution in [0.3, 0.4) is 0 Å². The molecule has 1 fully saturated rings. The number of nitrogens with zero attached hydrogens (tertiary/aromatic N) is 6. The first-order chi connectivity index (χ1) is 13.0. The number of carbonyl (C=O) groups excluding carboxylic acids is 2. The maximum Gasteiger partial charge on any atom is 0.325 e. The van der Waals surface area contributed by atoms with Crippen molar-refractivity contribution in [3.05, 3.63) is 41.2 Å². The Morgan fingerprint density at radius 1 is 1.26 bits per heavy atom. The molecule has 2 aliphatic heterocycles. The number of hydrogen-bond donors (Lipinski definition) is 1. The number of benzene rings is 1. The molecule has 11 heteroatoms. The van der Waals surface area contributed by atoms with Crippen molar-refractivity contribution >= 4 is 40.5 Å². The lowest BCUT2D eigenvalue weighted by atomic mass is 10.1. The van der Waals surface area contributed by atoms with E-state index in [0.29, 0.717) is 21.9 Å². The number of halogens is 1. The van der Waals surface area contributed by atoms with Gasteiger partial charge in [0.25, 0.3) is 5.91 Å². The van der Waals surface area contributed by atoms with Crippen LogP contribution in [0.25, 0.3) is 0 Å². The lowest BCUT2D eigenvalue weighted by Gasteiger charge is -2.36. The predicted octanol–water partition coefficient (Wildman–Crippen LogP) is 1.31. The molecule has 1 saturated heterocycles. The second-order valence-corrected chi connectivity index (χ2v) is 7.56. The molecule has 1 aromatic carbocycles. The minimum Gasteiger partial charge on any atom is -0.331 e. The van der Waals surface area contributed by atoms with Crippen LogP contribution in [0.4, 0.5) is 4.79 Å². The number of thioether (sulfide) groups is 1. The SMILES string of the molecule is CN1C(=O)NC(=O)C2C1N=C(Sc1nncn1C)N2Cc1ccccc1Cl. The van der Waals surface area contributed by atoms with Gasteiger partial charge < -0.3 is 14.4 Å². The van der Waals surface area contributed by atoms with E-state index in [-0.39, 0.29) is 5.91 Å². The second kappa shape index (κ2) is 6.86. The van der Waals surface area contributed by atoms with Gasteiger partial charge in [0.15, 0.2) is 22.5 Å². The van der Waals surface area contributed by atoms with Crippen molar-refractivity contribution in [3.8, 4) is 0 Å². The standard InChI is InChI=1S/C16H16ClN7O2S/c1-22-8-18-21-16(22)27-15-19-12-11(13(25)20-14(26)23(12)2)24(15)7-9-5-3-4-6-10(9)17/h3-6,8,11-12H,7H2,1-2H3,(H,20,25,26). The largest absolute Gasteiger partial charge is 0.331 e. The van der Waals surface area contributed by atoms with Gasteiger partial charge in [-0.1, -0.05) is 29.8 Å². The van der Waals surface area contributed by atoms with Crippen LogP contribution in [0, 0.1) is 0 Å². The number of likely N-dealkylation sites (N-methyl/N-ethyl adjacent to an activating group) is 1. The van der Waals surface area contributed by atoms with Gasteiger partial charge in [-0.05, 0) is 23.4 Å². The van der Waals surface area contributed by atoms with Crippen LogP contribution in [0.5, 0.6) is 0 Å². The molecule has 0 saturated carbocycles. The molecule has 9 nitrogen and oxygen atoms in total. The van der Waals surface area contributed by atoms with E-state index < -0.39 is 18.2 Å². The zero-order chi connectivity index (χ0) is 19.1. The van der Waals surface area contributed by atoms with Crippen molar-refractivity contribution in [2.24, 2.45) is 12.0 Å². The van der Waals surface area contributed by atoms with Gasteiger partial charge in [0, 0.05) is 25.7 Å². The van der Waals surface area contributed by atoms with Gasteiger partial charge in [-0.15, -0.1) is 10.2 Å². The molecule has 0 aliphatic carbocycles. The first kappa shape index (κ1) is 17.8. The molecule has 2 aromatic rings. The van der Waals surface area contributed by atoms with Crippen LogP contribution in [-0.4, -0.2) is 60.9 Å². The third-order valence-corrected chi connectivity index (χ3v) is 5.92. The maximum atomic E-state index is 12.6. The van der Waals surface area contributed by atoms with Gasteiger partial charge in [0.1, 0.15) is 6.33 Å². The first-order valence-electron chi connectivity index (χ1n) is 8.13. The summed E-state index contributed by atoms with van der Waals surface area (Å²) >= 11 is 7.61. The van der Waals surface area contributed by atoms with E-state index in [0.717, 1.165) is 5.56 Å². The molecule has 2 unspecified atom stereocenters. The summed E-state index contributed by atoms with van der Waals surface area (Å²) in [6.07, 6.45) is 0.982. The van der Waals surface area contributed by atoms with Gasteiger partial charge in [-0.2, -0.15) is 0 Å². The van der Waals surface area contributed by atoms with Crippen molar-refractivity contribution in [3.63, 3.8) is 0 Å². The molecule has 3 amide bonds. The van der Waals surface area contributed by atoms with E-state index in [1.165, 1.54) is 16.7 Å². The molecular weight excluding hydrogens is 390 g/mol. The van der Waals surface area contributed by atoms with Crippen LogP contribution in [0.2, 0.25) is 5.02 Å². The molecule has 0 spiro atoms. The third kappa shape index (κ3) is 3.15.